The smallest absolute Gasteiger partial charge is 0.315 e. The molecule has 0 saturated heterocycles. The summed E-state index contributed by atoms with van der Waals surface area (Å²) < 4.78 is 5.86. The molecule has 0 spiro atoms. The average molecular weight is 367 g/mol. The summed E-state index contributed by atoms with van der Waals surface area (Å²) in [5.41, 5.74) is 8.55. The van der Waals surface area contributed by atoms with Crippen LogP contribution in [0, 0.1) is 0 Å². The fourth-order valence-electron chi connectivity index (χ4n) is 3.23. The molecular weight excluding hydrogens is 338 g/mol. The van der Waals surface area contributed by atoms with Crippen LogP contribution in [0.2, 0.25) is 0 Å². The number of carbonyl (C=O) groups excluding carboxylic acids is 1. The molecule has 2 aromatic rings. The molecule has 1 aliphatic rings. The largest absolute Gasteiger partial charge is 0.373 e. The van der Waals surface area contributed by atoms with Gasteiger partial charge in [0, 0.05) is 18.6 Å². The van der Waals surface area contributed by atoms with Gasteiger partial charge in [-0.15, -0.1) is 0 Å². The van der Waals surface area contributed by atoms with E-state index in [1.54, 1.807) is 0 Å². The minimum Gasteiger partial charge on any atom is -0.373 e. The lowest BCUT2D eigenvalue weighted by Crippen LogP contribution is -2.51. The summed E-state index contributed by atoms with van der Waals surface area (Å²) in [7, 11) is 0. The molecule has 5 nitrogen and oxygen atoms in total. The molecule has 144 valence electrons. The quantitative estimate of drug-likeness (QED) is 0.638. The van der Waals surface area contributed by atoms with Gasteiger partial charge in [0.05, 0.1) is 12.7 Å². The van der Waals surface area contributed by atoms with Crippen LogP contribution in [0.25, 0.3) is 0 Å². The molecule has 0 heterocycles. The molecule has 0 bridgehead atoms. The molecule has 1 fully saturated rings. The van der Waals surface area contributed by atoms with E-state index in [2.05, 4.69) is 34.9 Å². The second-order valence-electron chi connectivity index (χ2n) is 7.23. The van der Waals surface area contributed by atoms with Crippen LogP contribution in [-0.4, -0.2) is 30.8 Å². The molecule has 3 rings (SSSR count). The van der Waals surface area contributed by atoms with E-state index in [1.807, 2.05) is 36.4 Å². The van der Waals surface area contributed by atoms with Gasteiger partial charge < -0.3 is 21.1 Å². The summed E-state index contributed by atoms with van der Waals surface area (Å²) >= 11 is 0. The van der Waals surface area contributed by atoms with Gasteiger partial charge in [-0.05, 0) is 36.8 Å². The van der Waals surface area contributed by atoms with E-state index in [-0.39, 0.29) is 24.2 Å². The Morgan fingerprint density at radius 3 is 2.33 bits per heavy atom. The van der Waals surface area contributed by atoms with Gasteiger partial charge in [0.15, 0.2) is 0 Å². The summed E-state index contributed by atoms with van der Waals surface area (Å²) in [4.78, 5) is 12.0. The molecule has 1 aliphatic carbocycles. The zero-order valence-corrected chi connectivity index (χ0v) is 15.6. The fourth-order valence-corrected chi connectivity index (χ4v) is 3.23. The lowest BCUT2D eigenvalue weighted by atomic mass is 9.89. The second-order valence-corrected chi connectivity index (χ2v) is 7.23. The van der Waals surface area contributed by atoms with Crippen LogP contribution < -0.4 is 16.4 Å². The average Bonchev–Trinajstić information content (AvgIpc) is 2.65. The monoisotopic (exact) mass is 367 g/mol. The summed E-state index contributed by atoms with van der Waals surface area (Å²) in [6.07, 6.45) is 3.56. The van der Waals surface area contributed by atoms with Gasteiger partial charge in [-0.2, -0.15) is 0 Å². The number of carbonyl (C=O) groups is 1. The van der Waals surface area contributed by atoms with Crippen molar-refractivity contribution in [2.45, 2.75) is 50.5 Å². The highest BCUT2D eigenvalue weighted by molar-refractivity contribution is 5.74. The minimum atomic E-state index is -0.117. The summed E-state index contributed by atoms with van der Waals surface area (Å²) in [5.74, 6) is 0. The Labute approximate surface area is 161 Å². The van der Waals surface area contributed by atoms with Crippen LogP contribution in [0.5, 0.6) is 0 Å². The first-order valence-electron chi connectivity index (χ1n) is 9.68. The molecule has 1 unspecified atom stereocenters. The maximum Gasteiger partial charge on any atom is 0.315 e. The highest BCUT2D eigenvalue weighted by Gasteiger charge is 2.30. The number of nitrogens with two attached hydrogens (primary N) is 1. The molecule has 2 aromatic carbocycles. The first-order chi connectivity index (χ1) is 13.2. The maximum absolute atomic E-state index is 12.0. The molecule has 27 heavy (non-hydrogen) atoms. The van der Waals surface area contributed by atoms with Gasteiger partial charge in [0.25, 0.3) is 0 Å². The van der Waals surface area contributed by atoms with E-state index in [1.165, 1.54) is 11.1 Å². The maximum atomic E-state index is 12.0. The van der Waals surface area contributed by atoms with Crippen LogP contribution in [0.1, 0.15) is 30.4 Å². The summed E-state index contributed by atoms with van der Waals surface area (Å²) in [6, 6.07) is 20.5. The third-order valence-electron chi connectivity index (χ3n) is 4.90. The minimum absolute atomic E-state index is 0.0483. The highest BCUT2D eigenvalue weighted by atomic mass is 16.5. The predicted molar refractivity (Wildman–Crippen MR) is 107 cm³/mol. The zero-order chi connectivity index (χ0) is 18.9. The Balaban J connectivity index is 1.23. The van der Waals surface area contributed by atoms with E-state index in [4.69, 9.17) is 10.5 Å². The topological polar surface area (TPSA) is 76.4 Å². The van der Waals surface area contributed by atoms with Gasteiger partial charge in [-0.3, -0.25) is 0 Å². The second kappa shape index (κ2) is 10.1. The molecular formula is C22H29N3O2. The number of benzene rings is 2. The Hall–Kier alpha value is -2.37. The number of ether oxygens (including phenoxy) is 1. The Bertz CT molecular complexity index is 687. The molecule has 0 radical (unpaired) electrons. The third-order valence-corrected chi connectivity index (χ3v) is 4.90. The first kappa shape index (κ1) is 19.4. The highest BCUT2D eigenvalue weighted by Crippen LogP contribution is 2.24. The van der Waals surface area contributed by atoms with Gasteiger partial charge >= 0.3 is 6.03 Å². The molecule has 0 aliphatic heterocycles. The van der Waals surface area contributed by atoms with E-state index in [9.17, 15) is 4.79 Å². The van der Waals surface area contributed by atoms with Crippen molar-refractivity contribution in [3.05, 3.63) is 71.8 Å². The van der Waals surface area contributed by atoms with E-state index in [0.29, 0.717) is 13.2 Å². The fraction of sp³-hybridized carbons (Fsp3) is 0.409. The van der Waals surface area contributed by atoms with Crippen molar-refractivity contribution < 1.29 is 9.53 Å². The van der Waals surface area contributed by atoms with Gasteiger partial charge in [0.1, 0.15) is 0 Å². The van der Waals surface area contributed by atoms with Crippen molar-refractivity contribution in [2.75, 3.05) is 6.54 Å². The third kappa shape index (κ3) is 6.70. The van der Waals surface area contributed by atoms with Gasteiger partial charge in [0.2, 0.25) is 0 Å². The van der Waals surface area contributed by atoms with Crippen LogP contribution >= 0.6 is 0 Å². The van der Waals surface area contributed by atoms with Crippen molar-refractivity contribution in [1.82, 2.24) is 10.6 Å². The van der Waals surface area contributed by atoms with Gasteiger partial charge in [-0.1, -0.05) is 60.7 Å². The molecule has 2 amide bonds. The van der Waals surface area contributed by atoms with Crippen molar-refractivity contribution in [3.8, 4) is 0 Å². The Morgan fingerprint density at radius 1 is 1.04 bits per heavy atom. The molecule has 1 saturated carbocycles. The molecule has 4 N–H and O–H groups in total. The molecule has 0 aromatic heterocycles. The van der Waals surface area contributed by atoms with Crippen LogP contribution in [-0.2, 0) is 17.8 Å². The van der Waals surface area contributed by atoms with E-state index in [0.717, 1.165) is 25.7 Å². The number of urea groups is 1. The normalized spacial score (nSPS) is 19.7. The summed E-state index contributed by atoms with van der Waals surface area (Å²) in [6.45, 7) is 1.21. The predicted octanol–water partition coefficient (Wildman–Crippen LogP) is 2.99. The lowest BCUT2D eigenvalue weighted by molar-refractivity contribution is -0.0240. The SMILES string of the molecule is NC(CCNC(=O)NC1CC(OCc2ccccc2)C1)Cc1ccccc1. The number of amides is 2. The van der Waals surface area contributed by atoms with Crippen molar-refractivity contribution in [2.24, 2.45) is 5.73 Å². The number of hydrogen-bond donors (Lipinski definition) is 3. The lowest BCUT2D eigenvalue weighted by Gasteiger charge is -2.35. The van der Waals surface area contributed by atoms with Crippen LogP contribution in [0.4, 0.5) is 4.79 Å². The molecule has 1 atom stereocenters. The first-order valence-corrected chi connectivity index (χ1v) is 9.68. The van der Waals surface area contributed by atoms with Crippen LogP contribution in [0.3, 0.4) is 0 Å². The van der Waals surface area contributed by atoms with Gasteiger partial charge in [-0.25, -0.2) is 4.79 Å². The Morgan fingerprint density at radius 2 is 1.67 bits per heavy atom. The number of hydrogen-bond acceptors (Lipinski definition) is 3. The number of rotatable bonds is 9. The van der Waals surface area contributed by atoms with Crippen molar-refractivity contribution in [3.63, 3.8) is 0 Å². The van der Waals surface area contributed by atoms with Crippen molar-refractivity contribution in [1.29, 1.82) is 0 Å². The number of nitrogens with one attached hydrogen (secondary N) is 2. The Kier molecular flexibility index (Phi) is 7.25. The van der Waals surface area contributed by atoms with Crippen LogP contribution in [0.15, 0.2) is 60.7 Å². The van der Waals surface area contributed by atoms with E-state index >= 15 is 0 Å². The standard InChI is InChI=1S/C22H29N3O2/c23-19(13-17-7-3-1-4-8-17)11-12-24-22(26)25-20-14-21(15-20)27-16-18-9-5-2-6-10-18/h1-10,19-21H,11-16,23H2,(H2,24,25,26). The zero-order valence-electron chi connectivity index (χ0n) is 15.6. The molecule has 5 heteroatoms. The summed E-state index contributed by atoms with van der Waals surface area (Å²) in [5, 5.41) is 5.90. The van der Waals surface area contributed by atoms with Crippen molar-refractivity contribution >= 4 is 6.03 Å². The van der Waals surface area contributed by atoms with E-state index < -0.39 is 0 Å².